The Labute approximate surface area is 139 Å². The van der Waals surface area contributed by atoms with Crippen LogP contribution in [0.15, 0.2) is 6.20 Å². The SMILES string of the molecule is CCOC(=O)c1sc(OCCOC)c2c1CCc1cnn(C)c1-2. The number of carbonyl (C=O) groups is 1. The van der Waals surface area contributed by atoms with Crippen molar-refractivity contribution in [3.63, 3.8) is 0 Å². The lowest BCUT2D eigenvalue weighted by Gasteiger charge is -2.16. The molecule has 0 atom stereocenters. The maximum Gasteiger partial charge on any atom is 0.348 e. The Morgan fingerprint density at radius 1 is 1.39 bits per heavy atom. The number of fused-ring (bicyclic) bond motifs is 3. The topological polar surface area (TPSA) is 62.6 Å². The van der Waals surface area contributed by atoms with Gasteiger partial charge in [-0.05, 0) is 30.9 Å². The largest absolute Gasteiger partial charge is 0.481 e. The second-order valence-electron chi connectivity index (χ2n) is 5.28. The standard InChI is InChI=1S/C16H20N2O4S/c1-4-21-15(19)14-11-6-5-10-9-17-18(2)13(10)12(11)16(23-14)22-8-7-20-3/h9H,4-8H2,1-3H3. The van der Waals surface area contributed by atoms with Gasteiger partial charge in [0.1, 0.15) is 11.5 Å². The van der Waals surface area contributed by atoms with Crippen molar-refractivity contribution in [3.05, 3.63) is 22.2 Å². The highest BCUT2D eigenvalue weighted by Crippen LogP contribution is 2.47. The zero-order chi connectivity index (χ0) is 16.4. The van der Waals surface area contributed by atoms with E-state index < -0.39 is 0 Å². The average molecular weight is 336 g/mol. The van der Waals surface area contributed by atoms with Crippen LogP contribution in [0, 0.1) is 0 Å². The number of esters is 1. The van der Waals surface area contributed by atoms with E-state index in [0.717, 1.165) is 34.7 Å². The summed E-state index contributed by atoms with van der Waals surface area (Å²) in [6.45, 7) is 3.12. The molecule has 0 saturated carbocycles. The highest BCUT2D eigenvalue weighted by molar-refractivity contribution is 7.16. The van der Waals surface area contributed by atoms with Gasteiger partial charge >= 0.3 is 5.97 Å². The van der Waals surface area contributed by atoms with Crippen LogP contribution in [0.3, 0.4) is 0 Å². The molecule has 0 unspecified atom stereocenters. The van der Waals surface area contributed by atoms with Crippen molar-refractivity contribution in [2.75, 3.05) is 26.9 Å². The van der Waals surface area contributed by atoms with Crippen molar-refractivity contribution in [1.29, 1.82) is 0 Å². The molecule has 0 saturated heterocycles. The Morgan fingerprint density at radius 3 is 2.96 bits per heavy atom. The summed E-state index contributed by atoms with van der Waals surface area (Å²) in [7, 11) is 3.55. The van der Waals surface area contributed by atoms with Gasteiger partial charge in [0.05, 0.1) is 30.7 Å². The molecule has 2 aromatic rings. The van der Waals surface area contributed by atoms with Crippen molar-refractivity contribution in [3.8, 4) is 16.3 Å². The molecule has 23 heavy (non-hydrogen) atoms. The number of hydrogen-bond donors (Lipinski definition) is 0. The first kappa shape index (κ1) is 16.0. The van der Waals surface area contributed by atoms with E-state index >= 15 is 0 Å². The maximum absolute atomic E-state index is 12.3. The molecule has 0 radical (unpaired) electrons. The first-order valence-corrected chi connectivity index (χ1v) is 8.44. The first-order valence-electron chi connectivity index (χ1n) is 7.63. The van der Waals surface area contributed by atoms with Gasteiger partial charge in [0.15, 0.2) is 5.06 Å². The average Bonchev–Trinajstić information content (AvgIpc) is 3.09. The van der Waals surface area contributed by atoms with E-state index in [-0.39, 0.29) is 5.97 Å². The van der Waals surface area contributed by atoms with E-state index in [2.05, 4.69) is 5.10 Å². The minimum absolute atomic E-state index is 0.277. The zero-order valence-corrected chi connectivity index (χ0v) is 14.4. The third-order valence-electron chi connectivity index (χ3n) is 3.85. The molecule has 2 heterocycles. The van der Waals surface area contributed by atoms with Crippen molar-refractivity contribution in [2.45, 2.75) is 19.8 Å². The van der Waals surface area contributed by atoms with Gasteiger partial charge in [-0.2, -0.15) is 5.10 Å². The van der Waals surface area contributed by atoms with E-state index in [0.29, 0.717) is 24.7 Å². The Morgan fingerprint density at radius 2 is 2.22 bits per heavy atom. The van der Waals surface area contributed by atoms with E-state index in [9.17, 15) is 4.79 Å². The number of nitrogens with zero attached hydrogens (tertiary/aromatic N) is 2. The van der Waals surface area contributed by atoms with Gasteiger partial charge in [-0.1, -0.05) is 11.3 Å². The second kappa shape index (κ2) is 6.72. The van der Waals surface area contributed by atoms with Gasteiger partial charge < -0.3 is 14.2 Å². The summed E-state index contributed by atoms with van der Waals surface area (Å²) >= 11 is 1.36. The molecule has 0 aliphatic heterocycles. The van der Waals surface area contributed by atoms with Crippen molar-refractivity contribution in [1.82, 2.24) is 9.78 Å². The maximum atomic E-state index is 12.3. The van der Waals surface area contributed by atoms with Gasteiger partial charge in [-0.15, -0.1) is 0 Å². The minimum Gasteiger partial charge on any atom is -0.481 e. The normalized spacial score (nSPS) is 12.7. The highest BCUT2D eigenvalue weighted by Gasteiger charge is 2.31. The fourth-order valence-electron chi connectivity index (χ4n) is 2.85. The third-order valence-corrected chi connectivity index (χ3v) is 4.98. The van der Waals surface area contributed by atoms with Crippen LogP contribution in [0.1, 0.15) is 27.7 Å². The molecule has 1 aliphatic carbocycles. The number of hydrogen-bond acceptors (Lipinski definition) is 6. The monoisotopic (exact) mass is 336 g/mol. The van der Waals surface area contributed by atoms with Crippen LogP contribution in [0.25, 0.3) is 11.3 Å². The molecule has 0 N–H and O–H groups in total. The van der Waals surface area contributed by atoms with E-state index in [4.69, 9.17) is 14.2 Å². The number of methoxy groups -OCH3 is 1. The van der Waals surface area contributed by atoms with Crippen LogP contribution in [0.2, 0.25) is 0 Å². The summed E-state index contributed by atoms with van der Waals surface area (Å²) in [6.07, 6.45) is 3.56. The predicted molar refractivity (Wildman–Crippen MR) is 87.3 cm³/mol. The Bertz CT molecular complexity index is 720. The molecule has 2 aromatic heterocycles. The fourth-order valence-corrected chi connectivity index (χ4v) is 3.97. The van der Waals surface area contributed by atoms with Gasteiger partial charge in [-0.3, -0.25) is 4.68 Å². The number of aryl methyl sites for hydroxylation is 2. The first-order chi connectivity index (χ1) is 11.2. The molecule has 6 nitrogen and oxygen atoms in total. The highest BCUT2D eigenvalue weighted by atomic mass is 32.1. The van der Waals surface area contributed by atoms with E-state index in [1.165, 1.54) is 16.9 Å². The zero-order valence-electron chi connectivity index (χ0n) is 13.5. The molecule has 1 aliphatic rings. The van der Waals surface area contributed by atoms with Crippen molar-refractivity contribution in [2.24, 2.45) is 7.05 Å². The summed E-state index contributed by atoms with van der Waals surface area (Å²) in [4.78, 5) is 12.9. The molecule has 0 amide bonds. The summed E-state index contributed by atoms with van der Waals surface area (Å²) in [5, 5.41) is 5.09. The lowest BCUT2D eigenvalue weighted by atomic mass is 9.91. The summed E-state index contributed by atoms with van der Waals surface area (Å²) < 4.78 is 18.0. The fraction of sp³-hybridized carbons (Fsp3) is 0.500. The molecule has 7 heteroatoms. The predicted octanol–water partition coefficient (Wildman–Crippen LogP) is 2.45. The van der Waals surface area contributed by atoms with Gasteiger partial charge in [0.2, 0.25) is 0 Å². The smallest absolute Gasteiger partial charge is 0.348 e. The van der Waals surface area contributed by atoms with Crippen LogP contribution in [-0.2, 0) is 29.4 Å². The molecule has 0 aromatic carbocycles. The second-order valence-corrected chi connectivity index (χ2v) is 6.26. The molecule has 0 bridgehead atoms. The number of ether oxygens (including phenoxy) is 3. The van der Waals surface area contributed by atoms with Crippen LogP contribution >= 0.6 is 11.3 Å². The quantitative estimate of drug-likeness (QED) is 0.599. The van der Waals surface area contributed by atoms with E-state index in [1.54, 1.807) is 7.11 Å². The van der Waals surface area contributed by atoms with Gasteiger partial charge in [0.25, 0.3) is 0 Å². The Kier molecular flexibility index (Phi) is 4.68. The van der Waals surface area contributed by atoms with Gasteiger partial charge in [0, 0.05) is 14.2 Å². The van der Waals surface area contributed by atoms with Crippen LogP contribution in [0.5, 0.6) is 5.06 Å². The van der Waals surface area contributed by atoms with Gasteiger partial charge in [-0.25, -0.2) is 4.79 Å². The van der Waals surface area contributed by atoms with E-state index in [1.807, 2.05) is 24.9 Å². The molecular weight excluding hydrogens is 316 g/mol. The van der Waals surface area contributed by atoms with Crippen molar-refractivity contribution >= 4 is 17.3 Å². The third kappa shape index (κ3) is 2.86. The Balaban J connectivity index is 2.06. The lowest BCUT2D eigenvalue weighted by Crippen LogP contribution is -2.10. The summed E-state index contributed by atoms with van der Waals surface area (Å²) in [5.41, 5.74) is 4.21. The van der Waals surface area contributed by atoms with Crippen LogP contribution in [0.4, 0.5) is 0 Å². The molecule has 0 spiro atoms. The Hall–Kier alpha value is -1.86. The molecular formula is C16H20N2O4S. The number of rotatable bonds is 6. The summed E-state index contributed by atoms with van der Waals surface area (Å²) in [6, 6.07) is 0. The molecule has 124 valence electrons. The van der Waals surface area contributed by atoms with Crippen molar-refractivity contribution < 1.29 is 19.0 Å². The van der Waals surface area contributed by atoms with Crippen LogP contribution in [-0.4, -0.2) is 42.7 Å². The number of aromatic nitrogens is 2. The number of thiophene rings is 1. The van der Waals surface area contributed by atoms with Crippen LogP contribution < -0.4 is 4.74 Å². The summed E-state index contributed by atoms with van der Waals surface area (Å²) in [5.74, 6) is -0.277. The molecule has 0 fully saturated rings. The molecule has 3 rings (SSSR count). The minimum atomic E-state index is -0.277. The lowest BCUT2D eigenvalue weighted by molar-refractivity contribution is 0.0531. The number of carbonyl (C=O) groups excluding carboxylic acids is 1.